The highest BCUT2D eigenvalue weighted by Gasteiger charge is 2.28. The highest BCUT2D eigenvalue weighted by Crippen LogP contribution is 2.15. The SMILES string of the molecule is NC1C=CC(S(=O)(=O)O)CC1N. The van der Waals surface area contributed by atoms with Crippen LogP contribution in [0.25, 0.3) is 0 Å². The van der Waals surface area contributed by atoms with Crippen LogP contribution in [-0.4, -0.2) is 30.3 Å². The molecule has 1 aliphatic carbocycles. The van der Waals surface area contributed by atoms with Gasteiger partial charge in [-0.3, -0.25) is 4.55 Å². The van der Waals surface area contributed by atoms with Crippen LogP contribution < -0.4 is 11.5 Å². The van der Waals surface area contributed by atoms with Crippen molar-refractivity contribution in [1.29, 1.82) is 0 Å². The van der Waals surface area contributed by atoms with Gasteiger partial charge in [0.2, 0.25) is 0 Å². The molecule has 0 heterocycles. The van der Waals surface area contributed by atoms with Crippen LogP contribution in [0, 0.1) is 0 Å². The van der Waals surface area contributed by atoms with E-state index >= 15 is 0 Å². The molecule has 3 atom stereocenters. The minimum Gasteiger partial charge on any atom is -0.326 e. The lowest BCUT2D eigenvalue weighted by molar-refractivity contribution is 0.453. The Morgan fingerprint density at radius 3 is 2.33 bits per heavy atom. The van der Waals surface area contributed by atoms with E-state index in [1.165, 1.54) is 12.2 Å². The summed E-state index contributed by atoms with van der Waals surface area (Å²) in [7, 11) is -4.00. The quantitative estimate of drug-likeness (QED) is 0.359. The molecule has 0 radical (unpaired) electrons. The molecule has 0 bridgehead atoms. The van der Waals surface area contributed by atoms with E-state index in [2.05, 4.69) is 0 Å². The molecule has 0 saturated heterocycles. The maximum atomic E-state index is 10.6. The van der Waals surface area contributed by atoms with Gasteiger partial charge in [0.25, 0.3) is 10.1 Å². The Morgan fingerprint density at radius 2 is 1.92 bits per heavy atom. The van der Waals surface area contributed by atoms with E-state index in [4.69, 9.17) is 16.0 Å². The molecule has 0 aliphatic heterocycles. The van der Waals surface area contributed by atoms with Crippen LogP contribution >= 0.6 is 0 Å². The minimum absolute atomic E-state index is 0.177. The molecule has 0 amide bonds. The molecule has 12 heavy (non-hydrogen) atoms. The zero-order valence-electron chi connectivity index (χ0n) is 6.42. The number of nitrogens with two attached hydrogens (primary N) is 2. The van der Waals surface area contributed by atoms with Gasteiger partial charge in [0.15, 0.2) is 0 Å². The van der Waals surface area contributed by atoms with Gasteiger partial charge < -0.3 is 11.5 Å². The molecule has 1 rings (SSSR count). The molecule has 70 valence electrons. The average Bonchev–Trinajstić information content (AvgIpc) is 1.92. The summed E-state index contributed by atoms with van der Waals surface area (Å²) in [5, 5.41) is -0.896. The third kappa shape index (κ3) is 2.04. The monoisotopic (exact) mass is 192 g/mol. The predicted octanol–water partition coefficient (Wildman–Crippen LogP) is -1.14. The fraction of sp³-hybridized carbons (Fsp3) is 0.667. The van der Waals surface area contributed by atoms with Crippen molar-refractivity contribution in [2.45, 2.75) is 23.8 Å². The number of hydrogen-bond donors (Lipinski definition) is 3. The van der Waals surface area contributed by atoms with E-state index in [1.807, 2.05) is 0 Å². The Bertz CT molecular complexity index is 285. The first-order valence-electron chi connectivity index (χ1n) is 3.57. The summed E-state index contributed by atoms with van der Waals surface area (Å²) in [5.41, 5.74) is 11.0. The van der Waals surface area contributed by atoms with Crippen LogP contribution in [-0.2, 0) is 10.1 Å². The maximum Gasteiger partial charge on any atom is 0.271 e. The van der Waals surface area contributed by atoms with Gasteiger partial charge >= 0.3 is 0 Å². The fourth-order valence-corrected chi connectivity index (χ4v) is 1.87. The lowest BCUT2D eigenvalue weighted by Crippen LogP contribution is -2.46. The highest BCUT2D eigenvalue weighted by molar-refractivity contribution is 7.86. The molecule has 5 nitrogen and oxygen atoms in total. The summed E-state index contributed by atoms with van der Waals surface area (Å²) in [6.45, 7) is 0. The average molecular weight is 192 g/mol. The van der Waals surface area contributed by atoms with E-state index in [9.17, 15) is 8.42 Å². The first-order chi connectivity index (χ1) is 5.41. The summed E-state index contributed by atoms with van der Waals surface area (Å²) >= 11 is 0. The largest absolute Gasteiger partial charge is 0.326 e. The number of rotatable bonds is 1. The van der Waals surface area contributed by atoms with Crippen molar-refractivity contribution in [3.63, 3.8) is 0 Å². The van der Waals surface area contributed by atoms with Gasteiger partial charge in [-0.25, -0.2) is 0 Å². The van der Waals surface area contributed by atoms with Crippen LogP contribution in [0.5, 0.6) is 0 Å². The van der Waals surface area contributed by atoms with Crippen LogP contribution in [0.2, 0.25) is 0 Å². The molecule has 6 heteroatoms. The van der Waals surface area contributed by atoms with Crippen molar-refractivity contribution in [1.82, 2.24) is 0 Å². The molecule has 0 fully saturated rings. The second kappa shape index (κ2) is 3.14. The zero-order valence-corrected chi connectivity index (χ0v) is 7.24. The van der Waals surface area contributed by atoms with E-state index in [0.717, 1.165) is 0 Å². The maximum absolute atomic E-state index is 10.6. The second-order valence-corrected chi connectivity index (χ2v) is 4.55. The summed E-state index contributed by atoms with van der Waals surface area (Å²) in [6.07, 6.45) is 3.06. The fourth-order valence-electron chi connectivity index (χ4n) is 1.12. The van der Waals surface area contributed by atoms with Crippen LogP contribution in [0.15, 0.2) is 12.2 Å². The van der Waals surface area contributed by atoms with Gasteiger partial charge in [-0.15, -0.1) is 0 Å². The van der Waals surface area contributed by atoms with Crippen molar-refractivity contribution in [2.24, 2.45) is 11.5 Å². The Balaban J connectivity index is 2.81. The van der Waals surface area contributed by atoms with E-state index in [1.54, 1.807) is 0 Å². The molecule has 5 N–H and O–H groups in total. The third-order valence-corrected chi connectivity index (χ3v) is 3.04. The normalized spacial score (nSPS) is 36.8. The molecular weight excluding hydrogens is 180 g/mol. The molecule has 0 spiro atoms. The topological polar surface area (TPSA) is 106 Å². The summed E-state index contributed by atoms with van der Waals surface area (Å²) < 4.78 is 30.0. The summed E-state index contributed by atoms with van der Waals surface area (Å²) in [5.74, 6) is 0. The molecule has 1 aliphatic rings. The molecule has 0 saturated carbocycles. The smallest absolute Gasteiger partial charge is 0.271 e. The Morgan fingerprint density at radius 1 is 1.33 bits per heavy atom. The Labute approximate surface area is 71.2 Å². The Kier molecular flexibility index (Phi) is 2.52. The van der Waals surface area contributed by atoms with Gasteiger partial charge in [0, 0.05) is 12.1 Å². The predicted molar refractivity (Wildman–Crippen MR) is 45.0 cm³/mol. The Hall–Kier alpha value is -0.430. The van der Waals surface area contributed by atoms with E-state index in [0.29, 0.717) is 0 Å². The lowest BCUT2D eigenvalue weighted by atomic mass is 9.98. The highest BCUT2D eigenvalue weighted by atomic mass is 32.2. The van der Waals surface area contributed by atoms with Gasteiger partial charge in [0.1, 0.15) is 5.25 Å². The van der Waals surface area contributed by atoms with Crippen molar-refractivity contribution in [3.05, 3.63) is 12.2 Å². The summed E-state index contributed by atoms with van der Waals surface area (Å²) in [6, 6.07) is -0.718. The second-order valence-electron chi connectivity index (χ2n) is 2.92. The first-order valence-corrected chi connectivity index (χ1v) is 5.07. The molecule has 0 aromatic carbocycles. The van der Waals surface area contributed by atoms with Gasteiger partial charge in [-0.1, -0.05) is 12.2 Å². The number of hydrogen-bond acceptors (Lipinski definition) is 4. The minimum atomic E-state index is -4.00. The standard InChI is InChI=1S/C6H12N2O3S/c7-5-2-1-4(3-6(5)8)12(9,10)11/h1-2,4-6H,3,7-8H2,(H,9,10,11). The van der Waals surface area contributed by atoms with Crippen molar-refractivity contribution in [3.8, 4) is 0 Å². The van der Waals surface area contributed by atoms with Crippen LogP contribution in [0.3, 0.4) is 0 Å². The van der Waals surface area contributed by atoms with Gasteiger partial charge in [-0.05, 0) is 6.42 Å². The van der Waals surface area contributed by atoms with E-state index in [-0.39, 0.29) is 12.5 Å². The van der Waals surface area contributed by atoms with Crippen molar-refractivity contribution < 1.29 is 13.0 Å². The van der Waals surface area contributed by atoms with Crippen molar-refractivity contribution in [2.75, 3.05) is 0 Å². The first kappa shape index (κ1) is 9.66. The summed E-state index contributed by atoms with van der Waals surface area (Å²) in [4.78, 5) is 0. The lowest BCUT2D eigenvalue weighted by Gasteiger charge is -2.24. The molecule has 0 aromatic heterocycles. The zero-order chi connectivity index (χ0) is 9.35. The molecule has 3 unspecified atom stereocenters. The van der Waals surface area contributed by atoms with Crippen molar-refractivity contribution >= 4 is 10.1 Å². The third-order valence-electron chi connectivity index (χ3n) is 1.93. The van der Waals surface area contributed by atoms with Gasteiger partial charge in [0.05, 0.1) is 0 Å². The molecule has 0 aromatic rings. The molecular formula is C6H12N2O3S. The van der Waals surface area contributed by atoms with Crippen LogP contribution in [0.4, 0.5) is 0 Å². The van der Waals surface area contributed by atoms with Crippen LogP contribution in [0.1, 0.15) is 6.42 Å². The van der Waals surface area contributed by atoms with E-state index < -0.39 is 21.4 Å². The van der Waals surface area contributed by atoms with Gasteiger partial charge in [-0.2, -0.15) is 8.42 Å².